The quantitative estimate of drug-likeness (QED) is 0.841. The van der Waals surface area contributed by atoms with Gasteiger partial charge in [-0.15, -0.1) is 11.3 Å². The molecule has 0 saturated carbocycles. The summed E-state index contributed by atoms with van der Waals surface area (Å²) in [5, 5.41) is 5.71. The van der Waals surface area contributed by atoms with Crippen molar-refractivity contribution in [1.29, 1.82) is 0 Å². The molecule has 1 unspecified atom stereocenters. The van der Waals surface area contributed by atoms with Crippen LogP contribution >= 0.6 is 11.3 Å². The Balaban J connectivity index is 2.10. The molecular formula is C15H19NS. The Labute approximate surface area is 108 Å². The van der Waals surface area contributed by atoms with E-state index in [4.69, 9.17) is 0 Å². The Morgan fingerprint density at radius 1 is 1.18 bits per heavy atom. The third-order valence-corrected chi connectivity index (χ3v) is 3.88. The Hall–Kier alpha value is -1.12. The van der Waals surface area contributed by atoms with Crippen molar-refractivity contribution in [2.75, 3.05) is 6.54 Å². The van der Waals surface area contributed by atoms with E-state index in [1.54, 1.807) is 0 Å². The standard InChI is InChI=1S/C15H19NS/c1-3-16-14(15-5-4-10-17-15)11-13-8-6-12(2)7-9-13/h4-10,14,16H,3,11H2,1-2H3. The number of likely N-dealkylation sites (N-methyl/N-ethyl adjacent to an activating group) is 1. The van der Waals surface area contributed by atoms with Crippen molar-refractivity contribution in [2.24, 2.45) is 0 Å². The lowest BCUT2D eigenvalue weighted by Gasteiger charge is -2.16. The fraction of sp³-hybridized carbons (Fsp3) is 0.333. The molecule has 17 heavy (non-hydrogen) atoms. The highest BCUT2D eigenvalue weighted by Crippen LogP contribution is 2.22. The van der Waals surface area contributed by atoms with Crippen LogP contribution in [0.5, 0.6) is 0 Å². The zero-order valence-electron chi connectivity index (χ0n) is 10.4. The SMILES string of the molecule is CCNC(Cc1ccc(C)cc1)c1cccs1. The number of aryl methyl sites for hydroxylation is 1. The number of hydrogen-bond donors (Lipinski definition) is 1. The minimum atomic E-state index is 0.447. The molecular weight excluding hydrogens is 226 g/mol. The van der Waals surface area contributed by atoms with Gasteiger partial charge >= 0.3 is 0 Å². The summed E-state index contributed by atoms with van der Waals surface area (Å²) in [6.07, 6.45) is 1.06. The molecule has 1 heterocycles. The van der Waals surface area contributed by atoms with E-state index in [0.717, 1.165) is 13.0 Å². The van der Waals surface area contributed by atoms with Crippen molar-refractivity contribution in [1.82, 2.24) is 5.32 Å². The number of benzene rings is 1. The number of hydrogen-bond acceptors (Lipinski definition) is 2. The minimum Gasteiger partial charge on any atom is -0.309 e. The second-order valence-corrected chi connectivity index (χ2v) is 5.29. The summed E-state index contributed by atoms with van der Waals surface area (Å²) in [5.41, 5.74) is 2.72. The zero-order valence-corrected chi connectivity index (χ0v) is 11.3. The van der Waals surface area contributed by atoms with Crippen molar-refractivity contribution in [3.63, 3.8) is 0 Å². The Morgan fingerprint density at radius 3 is 2.53 bits per heavy atom. The van der Waals surface area contributed by atoms with Crippen LogP contribution in [0.1, 0.15) is 29.0 Å². The van der Waals surface area contributed by atoms with Crippen molar-refractivity contribution in [3.05, 3.63) is 57.8 Å². The maximum Gasteiger partial charge on any atom is 0.0455 e. The molecule has 0 saturated heterocycles. The van der Waals surface area contributed by atoms with Gasteiger partial charge in [0.05, 0.1) is 0 Å². The first kappa shape index (κ1) is 12.3. The second-order valence-electron chi connectivity index (χ2n) is 4.32. The van der Waals surface area contributed by atoms with Gasteiger partial charge in [-0.1, -0.05) is 42.8 Å². The third-order valence-electron chi connectivity index (χ3n) is 2.90. The zero-order chi connectivity index (χ0) is 12.1. The first-order valence-electron chi connectivity index (χ1n) is 6.12. The molecule has 1 atom stereocenters. The maximum atomic E-state index is 3.56. The first-order chi connectivity index (χ1) is 8.29. The Kier molecular flexibility index (Phi) is 4.35. The van der Waals surface area contributed by atoms with Gasteiger partial charge < -0.3 is 5.32 Å². The van der Waals surface area contributed by atoms with Gasteiger partial charge in [0.2, 0.25) is 0 Å². The van der Waals surface area contributed by atoms with Crippen LogP contribution in [0.15, 0.2) is 41.8 Å². The molecule has 2 aromatic rings. The van der Waals surface area contributed by atoms with Gasteiger partial charge in [0, 0.05) is 10.9 Å². The first-order valence-corrected chi connectivity index (χ1v) is 7.00. The van der Waals surface area contributed by atoms with Crippen LogP contribution in [0, 0.1) is 6.92 Å². The van der Waals surface area contributed by atoms with E-state index in [-0.39, 0.29) is 0 Å². The largest absolute Gasteiger partial charge is 0.309 e. The highest BCUT2D eigenvalue weighted by Gasteiger charge is 2.11. The van der Waals surface area contributed by atoms with Gasteiger partial charge in [-0.2, -0.15) is 0 Å². The van der Waals surface area contributed by atoms with Gasteiger partial charge in [0.25, 0.3) is 0 Å². The van der Waals surface area contributed by atoms with Crippen LogP contribution in [-0.4, -0.2) is 6.54 Å². The average Bonchev–Trinajstić information content (AvgIpc) is 2.85. The third kappa shape index (κ3) is 3.42. The monoisotopic (exact) mass is 245 g/mol. The molecule has 0 aliphatic heterocycles. The Morgan fingerprint density at radius 2 is 1.94 bits per heavy atom. The van der Waals surface area contributed by atoms with E-state index in [9.17, 15) is 0 Å². The maximum absolute atomic E-state index is 3.56. The molecule has 2 heteroatoms. The summed E-state index contributed by atoms with van der Waals surface area (Å²) < 4.78 is 0. The summed E-state index contributed by atoms with van der Waals surface area (Å²) >= 11 is 1.83. The smallest absolute Gasteiger partial charge is 0.0455 e. The van der Waals surface area contributed by atoms with E-state index in [2.05, 4.69) is 60.9 Å². The lowest BCUT2D eigenvalue weighted by Crippen LogP contribution is -2.22. The van der Waals surface area contributed by atoms with Gasteiger partial charge in [-0.05, 0) is 36.9 Å². The van der Waals surface area contributed by atoms with Crippen molar-refractivity contribution in [2.45, 2.75) is 26.3 Å². The molecule has 1 aromatic carbocycles. The molecule has 0 aliphatic rings. The van der Waals surface area contributed by atoms with Crippen molar-refractivity contribution >= 4 is 11.3 Å². The van der Waals surface area contributed by atoms with Crippen LogP contribution in [0.2, 0.25) is 0 Å². The predicted molar refractivity (Wildman–Crippen MR) is 75.6 cm³/mol. The van der Waals surface area contributed by atoms with Gasteiger partial charge in [0.1, 0.15) is 0 Å². The molecule has 0 bridgehead atoms. The van der Waals surface area contributed by atoms with Gasteiger partial charge in [-0.3, -0.25) is 0 Å². The summed E-state index contributed by atoms with van der Waals surface area (Å²) in [6, 6.07) is 13.6. The van der Waals surface area contributed by atoms with Crippen LogP contribution in [-0.2, 0) is 6.42 Å². The highest BCUT2D eigenvalue weighted by atomic mass is 32.1. The number of rotatable bonds is 5. The molecule has 0 radical (unpaired) electrons. The number of nitrogens with one attached hydrogen (secondary N) is 1. The average molecular weight is 245 g/mol. The van der Waals surface area contributed by atoms with Crippen LogP contribution in [0.3, 0.4) is 0 Å². The van der Waals surface area contributed by atoms with E-state index in [0.29, 0.717) is 6.04 Å². The lowest BCUT2D eigenvalue weighted by atomic mass is 10.0. The lowest BCUT2D eigenvalue weighted by molar-refractivity contribution is 0.558. The van der Waals surface area contributed by atoms with E-state index < -0.39 is 0 Å². The fourth-order valence-corrected chi connectivity index (χ4v) is 2.77. The highest BCUT2D eigenvalue weighted by molar-refractivity contribution is 7.10. The molecule has 0 spiro atoms. The molecule has 1 N–H and O–H groups in total. The normalized spacial score (nSPS) is 12.6. The van der Waals surface area contributed by atoms with E-state index in [1.807, 2.05) is 11.3 Å². The summed E-state index contributed by atoms with van der Waals surface area (Å²) in [7, 11) is 0. The molecule has 1 nitrogen and oxygen atoms in total. The van der Waals surface area contributed by atoms with E-state index >= 15 is 0 Å². The van der Waals surface area contributed by atoms with E-state index in [1.165, 1.54) is 16.0 Å². The molecule has 90 valence electrons. The topological polar surface area (TPSA) is 12.0 Å². The van der Waals surface area contributed by atoms with Crippen molar-refractivity contribution in [3.8, 4) is 0 Å². The Bertz CT molecular complexity index is 430. The summed E-state index contributed by atoms with van der Waals surface area (Å²) in [6.45, 7) is 5.30. The molecule has 2 rings (SSSR count). The van der Waals surface area contributed by atoms with Crippen LogP contribution < -0.4 is 5.32 Å². The molecule has 1 aromatic heterocycles. The predicted octanol–water partition coefficient (Wildman–Crippen LogP) is 3.95. The minimum absolute atomic E-state index is 0.447. The van der Waals surface area contributed by atoms with Crippen LogP contribution in [0.4, 0.5) is 0 Å². The summed E-state index contributed by atoms with van der Waals surface area (Å²) in [4.78, 5) is 1.42. The second kappa shape index (κ2) is 5.99. The van der Waals surface area contributed by atoms with Crippen LogP contribution in [0.25, 0.3) is 0 Å². The molecule has 0 aliphatic carbocycles. The summed E-state index contributed by atoms with van der Waals surface area (Å²) in [5.74, 6) is 0. The molecule has 0 fully saturated rings. The van der Waals surface area contributed by atoms with Gasteiger partial charge in [-0.25, -0.2) is 0 Å². The van der Waals surface area contributed by atoms with Crippen molar-refractivity contribution < 1.29 is 0 Å². The molecule has 0 amide bonds. The number of thiophene rings is 1. The van der Waals surface area contributed by atoms with Gasteiger partial charge in [0.15, 0.2) is 0 Å². The fourth-order valence-electron chi connectivity index (χ4n) is 1.97.